The van der Waals surface area contributed by atoms with Crippen LogP contribution in [0.25, 0.3) is 0 Å². The van der Waals surface area contributed by atoms with Gasteiger partial charge in [0.1, 0.15) is 24.5 Å². The van der Waals surface area contributed by atoms with Gasteiger partial charge >= 0.3 is 0 Å². The van der Waals surface area contributed by atoms with Crippen LogP contribution < -0.4 is 10.5 Å². The van der Waals surface area contributed by atoms with Crippen molar-refractivity contribution in [1.82, 2.24) is 14.8 Å². The van der Waals surface area contributed by atoms with Crippen molar-refractivity contribution in [1.29, 1.82) is 5.41 Å². The number of nitrogen functional groups attached to an aromatic ring is 1. The summed E-state index contributed by atoms with van der Waals surface area (Å²) in [6.45, 7) is 3.30. The minimum absolute atomic E-state index is 0.0502. The third kappa shape index (κ3) is 3.31. The van der Waals surface area contributed by atoms with Crippen molar-refractivity contribution in [2.75, 3.05) is 0 Å². The van der Waals surface area contributed by atoms with Crippen LogP contribution in [-0.4, -0.2) is 20.6 Å². The highest BCUT2D eigenvalue weighted by molar-refractivity contribution is 5.94. The summed E-state index contributed by atoms with van der Waals surface area (Å²) in [7, 11) is 0. The van der Waals surface area contributed by atoms with Gasteiger partial charge in [-0.1, -0.05) is 6.92 Å². The Balaban J connectivity index is 1.98. The van der Waals surface area contributed by atoms with Gasteiger partial charge in [0, 0.05) is 12.1 Å². The minimum atomic E-state index is 0.0502. The van der Waals surface area contributed by atoms with E-state index in [0.29, 0.717) is 12.2 Å². The molecule has 100 valence electrons. The first kappa shape index (κ1) is 13.1. The van der Waals surface area contributed by atoms with Crippen LogP contribution in [0.5, 0.6) is 5.75 Å². The van der Waals surface area contributed by atoms with Gasteiger partial charge in [0.15, 0.2) is 5.82 Å². The van der Waals surface area contributed by atoms with E-state index in [4.69, 9.17) is 15.9 Å². The average molecular weight is 259 g/mol. The van der Waals surface area contributed by atoms with E-state index < -0.39 is 0 Å². The molecule has 0 fully saturated rings. The van der Waals surface area contributed by atoms with Gasteiger partial charge in [-0.05, 0) is 30.7 Å². The normalized spacial score (nSPS) is 10.4. The maximum Gasteiger partial charge on any atom is 0.164 e. The van der Waals surface area contributed by atoms with E-state index in [0.717, 1.165) is 24.5 Å². The molecule has 1 aromatic heterocycles. The van der Waals surface area contributed by atoms with Crippen molar-refractivity contribution in [2.24, 2.45) is 5.73 Å². The van der Waals surface area contributed by atoms with Gasteiger partial charge in [0.25, 0.3) is 0 Å². The predicted molar refractivity (Wildman–Crippen MR) is 72.1 cm³/mol. The second-order valence-corrected chi connectivity index (χ2v) is 4.13. The SMILES string of the molecule is CCCn1ncnc1COc1ccc(C(=N)N)cc1. The van der Waals surface area contributed by atoms with E-state index >= 15 is 0 Å². The lowest BCUT2D eigenvalue weighted by Gasteiger charge is -2.07. The van der Waals surface area contributed by atoms with Gasteiger partial charge in [-0.15, -0.1) is 0 Å². The van der Waals surface area contributed by atoms with Gasteiger partial charge in [-0.3, -0.25) is 5.41 Å². The highest BCUT2D eigenvalue weighted by Gasteiger charge is 2.04. The second-order valence-electron chi connectivity index (χ2n) is 4.13. The molecule has 0 amide bonds. The maximum absolute atomic E-state index is 7.31. The number of rotatable bonds is 6. The largest absolute Gasteiger partial charge is 0.486 e. The third-order valence-corrected chi connectivity index (χ3v) is 2.66. The van der Waals surface area contributed by atoms with Crippen LogP contribution in [-0.2, 0) is 13.2 Å². The van der Waals surface area contributed by atoms with Crippen LogP contribution in [0.4, 0.5) is 0 Å². The molecule has 0 aliphatic rings. The number of benzene rings is 1. The van der Waals surface area contributed by atoms with Crippen molar-refractivity contribution >= 4 is 5.84 Å². The molecule has 0 aliphatic carbocycles. The molecule has 3 N–H and O–H groups in total. The smallest absolute Gasteiger partial charge is 0.164 e. The summed E-state index contributed by atoms with van der Waals surface area (Å²) in [5, 5.41) is 11.4. The van der Waals surface area contributed by atoms with Crippen LogP contribution in [0.2, 0.25) is 0 Å². The number of nitrogens with two attached hydrogens (primary N) is 1. The Kier molecular flexibility index (Phi) is 4.12. The van der Waals surface area contributed by atoms with Gasteiger partial charge in [0.2, 0.25) is 0 Å². The molecule has 19 heavy (non-hydrogen) atoms. The lowest BCUT2D eigenvalue weighted by molar-refractivity contribution is 0.286. The fraction of sp³-hybridized carbons (Fsp3) is 0.308. The van der Waals surface area contributed by atoms with Crippen LogP contribution in [0.1, 0.15) is 24.7 Å². The Morgan fingerprint density at radius 1 is 1.37 bits per heavy atom. The number of aryl methyl sites for hydroxylation is 1. The van der Waals surface area contributed by atoms with Crippen molar-refractivity contribution in [2.45, 2.75) is 26.5 Å². The van der Waals surface area contributed by atoms with Gasteiger partial charge in [-0.2, -0.15) is 5.10 Å². The summed E-state index contributed by atoms with van der Waals surface area (Å²) in [6, 6.07) is 7.09. The molecule has 1 aromatic carbocycles. The highest BCUT2D eigenvalue weighted by Crippen LogP contribution is 2.13. The van der Waals surface area contributed by atoms with E-state index in [1.165, 1.54) is 6.33 Å². The van der Waals surface area contributed by atoms with E-state index in [1.54, 1.807) is 24.3 Å². The number of nitrogens with zero attached hydrogens (tertiary/aromatic N) is 3. The molecule has 0 atom stereocenters. The quantitative estimate of drug-likeness (QED) is 0.608. The topological polar surface area (TPSA) is 89.8 Å². The first-order chi connectivity index (χ1) is 9.20. The first-order valence-electron chi connectivity index (χ1n) is 6.14. The molecule has 0 unspecified atom stereocenters. The molecule has 0 saturated carbocycles. The molecule has 2 rings (SSSR count). The minimum Gasteiger partial charge on any atom is -0.486 e. The van der Waals surface area contributed by atoms with Gasteiger partial charge in [-0.25, -0.2) is 9.67 Å². The number of hydrogen-bond acceptors (Lipinski definition) is 4. The molecule has 0 aliphatic heterocycles. The second kappa shape index (κ2) is 5.99. The molecule has 6 heteroatoms. The molecule has 0 spiro atoms. The summed E-state index contributed by atoms with van der Waals surface area (Å²) < 4.78 is 7.47. The standard InChI is InChI=1S/C13H17N5O/c1-2-7-18-12(16-9-17-18)8-19-11-5-3-10(4-6-11)13(14)15/h3-6,9H,2,7-8H2,1H3,(H3,14,15). The monoisotopic (exact) mass is 259 g/mol. The highest BCUT2D eigenvalue weighted by atomic mass is 16.5. The number of hydrogen-bond donors (Lipinski definition) is 2. The van der Waals surface area contributed by atoms with Gasteiger partial charge < -0.3 is 10.5 Å². The zero-order valence-electron chi connectivity index (χ0n) is 10.8. The van der Waals surface area contributed by atoms with E-state index in [2.05, 4.69) is 17.0 Å². The number of aromatic nitrogens is 3. The maximum atomic E-state index is 7.31. The number of ether oxygens (including phenoxy) is 1. The molecule has 0 saturated heterocycles. The summed E-state index contributed by atoms with van der Waals surface area (Å²) in [6.07, 6.45) is 2.54. The van der Waals surface area contributed by atoms with E-state index in [9.17, 15) is 0 Å². The lowest BCUT2D eigenvalue weighted by Crippen LogP contribution is -2.11. The summed E-state index contributed by atoms with van der Waals surface area (Å²) in [4.78, 5) is 4.17. The van der Waals surface area contributed by atoms with E-state index in [-0.39, 0.29) is 5.84 Å². The molecule has 1 heterocycles. The lowest BCUT2D eigenvalue weighted by atomic mass is 10.2. The Morgan fingerprint density at radius 3 is 2.74 bits per heavy atom. The van der Waals surface area contributed by atoms with Crippen molar-refractivity contribution in [3.63, 3.8) is 0 Å². The molecular formula is C13H17N5O. The van der Waals surface area contributed by atoms with Crippen LogP contribution in [0.15, 0.2) is 30.6 Å². The molecular weight excluding hydrogens is 242 g/mol. The van der Waals surface area contributed by atoms with Crippen molar-refractivity contribution < 1.29 is 4.74 Å². The molecule has 0 bridgehead atoms. The number of nitrogens with one attached hydrogen (secondary N) is 1. The Labute approximate surface area is 111 Å². The zero-order valence-corrected chi connectivity index (χ0v) is 10.8. The Morgan fingerprint density at radius 2 is 2.11 bits per heavy atom. The van der Waals surface area contributed by atoms with Gasteiger partial charge in [0.05, 0.1) is 0 Å². The van der Waals surface area contributed by atoms with Crippen LogP contribution in [0.3, 0.4) is 0 Å². The third-order valence-electron chi connectivity index (χ3n) is 2.66. The summed E-state index contributed by atoms with van der Waals surface area (Å²) >= 11 is 0. The average Bonchev–Trinajstić information content (AvgIpc) is 2.85. The van der Waals surface area contributed by atoms with Crippen LogP contribution in [0, 0.1) is 5.41 Å². The van der Waals surface area contributed by atoms with Crippen molar-refractivity contribution in [3.05, 3.63) is 42.0 Å². The molecule has 0 radical (unpaired) electrons. The molecule has 2 aromatic rings. The van der Waals surface area contributed by atoms with Crippen LogP contribution >= 0.6 is 0 Å². The van der Waals surface area contributed by atoms with E-state index in [1.807, 2.05) is 4.68 Å². The zero-order chi connectivity index (χ0) is 13.7. The number of amidine groups is 1. The predicted octanol–water partition coefficient (Wildman–Crippen LogP) is 1.55. The Hall–Kier alpha value is -2.37. The fourth-order valence-corrected chi connectivity index (χ4v) is 1.68. The Bertz CT molecular complexity index is 546. The summed E-state index contributed by atoms with van der Waals surface area (Å²) in [5.74, 6) is 1.57. The summed E-state index contributed by atoms with van der Waals surface area (Å²) in [5.41, 5.74) is 6.07. The fourth-order valence-electron chi connectivity index (χ4n) is 1.68. The van der Waals surface area contributed by atoms with Crippen molar-refractivity contribution in [3.8, 4) is 5.75 Å². The molecule has 6 nitrogen and oxygen atoms in total. The first-order valence-corrected chi connectivity index (χ1v) is 6.14.